The number of quaternary nitrogens is 1. The van der Waals surface area contributed by atoms with E-state index in [1.165, 1.54) is 32.1 Å². The average Bonchev–Trinajstić information content (AvgIpc) is 2.53. The summed E-state index contributed by atoms with van der Waals surface area (Å²) in [6.45, 7) is 2.03. The Hall–Kier alpha value is -1.81. The van der Waals surface area contributed by atoms with Crippen molar-refractivity contribution in [2.24, 2.45) is 0 Å². The van der Waals surface area contributed by atoms with Crippen LogP contribution in [0.2, 0.25) is 0 Å². The first-order valence-electron chi connectivity index (χ1n) is 7.81. The van der Waals surface area contributed by atoms with Crippen LogP contribution in [0, 0.1) is 0 Å². The third kappa shape index (κ3) is 4.60. The minimum absolute atomic E-state index is 0.869. The molecule has 0 amide bonds. The molecule has 0 aliphatic rings. The van der Waals surface area contributed by atoms with Crippen LogP contribution in [0.4, 0.5) is 5.69 Å². The van der Waals surface area contributed by atoms with Gasteiger partial charge >= 0.3 is 0 Å². The molecule has 0 saturated heterocycles. The summed E-state index contributed by atoms with van der Waals surface area (Å²) in [5.74, 6) is 0.869. The molecule has 0 aliphatic carbocycles. The fourth-order valence-corrected chi connectivity index (χ4v) is 2.47. The third-order valence-electron chi connectivity index (χ3n) is 3.66. The van der Waals surface area contributed by atoms with Gasteiger partial charge in [-0.25, -0.2) is 0 Å². The largest absolute Gasteiger partial charge is 0.497 e. The number of hydrogen-bond acceptors (Lipinski definition) is 3. The van der Waals surface area contributed by atoms with Gasteiger partial charge in [0.25, 0.3) is 0 Å². The molecule has 4 N–H and O–H groups in total. The summed E-state index contributed by atoms with van der Waals surface area (Å²) >= 11 is 0. The van der Waals surface area contributed by atoms with E-state index in [0.29, 0.717) is 0 Å². The Labute approximate surface area is 126 Å². The smallest absolute Gasteiger partial charge is 0.121 e. The summed E-state index contributed by atoms with van der Waals surface area (Å²) < 4.78 is 5.36. The standard InChI is InChI=1S/C17H25N3O/c1-21-15-12-14-8-7-11-20-17(14)16(13-15)19-10-6-4-2-3-5-9-18/h7-8,11-13,19H,2-6,9-10,18H2,1H3/p+1. The molecule has 0 fully saturated rings. The van der Waals surface area contributed by atoms with Gasteiger partial charge in [-0.05, 0) is 31.4 Å². The van der Waals surface area contributed by atoms with E-state index in [1.54, 1.807) is 7.11 Å². The van der Waals surface area contributed by atoms with Crippen LogP contribution < -0.4 is 15.8 Å². The molecule has 0 saturated carbocycles. The van der Waals surface area contributed by atoms with Crippen LogP contribution in [0.3, 0.4) is 0 Å². The first-order chi connectivity index (χ1) is 10.3. The van der Waals surface area contributed by atoms with E-state index in [4.69, 9.17) is 4.74 Å². The number of unbranched alkanes of at least 4 members (excludes halogenated alkanes) is 4. The van der Waals surface area contributed by atoms with Crippen molar-refractivity contribution in [3.63, 3.8) is 0 Å². The van der Waals surface area contributed by atoms with Crippen LogP contribution in [0.25, 0.3) is 10.9 Å². The van der Waals surface area contributed by atoms with Crippen molar-refractivity contribution in [3.05, 3.63) is 30.5 Å². The molecular formula is C17H26N3O+. The van der Waals surface area contributed by atoms with Gasteiger partial charge in [0.2, 0.25) is 0 Å². The van der Waals surface area contributed by atoms with Gasteiger partial charge in [-0.2, -0.15) is 0 Å². The molecule has 0 spiro atoms. The fourth-order valence-electron chi connectivity index (χ4n) is 2.47. The Morgan fingerprint density at radius 3 is 2.76 bits per heavy atom. The Balaban J connectivity index is 1.91. The lowest BCUT2D eigenvalue weighted by Crippen LogP contribution is -2.50. The number of benzene rings is 1. The van der Waals surface area contributed by atoms with Gasteiger partial charge in [-0.15, -0.1) is 0 Å². The topological polar surface area (TPSA) is 61.8 Å². The van der Waals surface area contributed by atoms with Crippen LogP contribution in [-0.4, -0.2) is 25.2 Å². The predicted molar refractivity (Wildman–Crippen MR) is 87.6 cm³/mol. The molecule has 21 heavy (non-hydrogen) atoms. The molecule has 0 bridgehead atoms. The van der Waals surface area contributed by atoms with Crippen LogP contribution >= 0.6 is 0 Å². The molecule has 4 heteroatoms. The number of fused-ring (bicyclic) bond motifs is 1. The van der Waals surface area contributed by atoms with E-state index in [1.807, 2.05) is 24.4 Å². The molecule has 2 rings (SSSR count). The van der Waals surface area contributed by atoms with Gasteiger partial charge in [-0.3, -0.25) is 4.98 Å². The van der Waals surface area contributed by atoms with Crippen LogP contribution in [-0.2, 0) is 0 Å². The average molecular weight is 288 g/mol. The van der Waals surface area contributed by atoms with E-state index in [-0.39, 0.29) is 0 Å². The highest BCUT2D eigenvalue weighted by Gasteiger charge is 2.05. The summed E-state index contributed by atoms with van der Waals surface area (Å²) in [5, 5.41) is 4.60. The second-order valence-electron chi connectivity index (χ2n) is 5.30. The molecule has 0 unspecified atom stereocenters. The fraction of sp³-hybridized carbons (Fsp3) is 0.471. The molecule has 1 aromatic carbocycles. The number of rotatable bonds is 9. The van der Waals surface area contributed by atoms with Crippen LogP contribution in [0.5, 0.6) is 5.75 Å². The highest BCUT2D eigenvalue weighted by Crippen LogP contribution is 2.27. The van der Waals surface area contributed by atoms with Crippen molar-refractivity contribution in [1.82, 2.24) is 4.98 Å². The van der Waals surface area contributed by atoms with Gasteiger partial charge in [0.1, 0.15) is 5.75 Å². The van der Waals surface area contributed by atoms with Crippen molar-refractivity contribution >= 4 is 16.6 Å². The monoisotopic (exact) mass is 288 g/mol. The number of nitrogens with zero attached hydrogens (tertiary/aromatic N) is 1. The first kappa shape index (κ1) is 15.6. The number of methoxy groups -OCH3 is 1. The van der Waals surface area contributed by atoms with E-state index in [0.717, 1.165) is 35.4 Å². The van der Waals surface area contributed by atoms with Gasteiger partial charge in [0.05, 0.1) is 24.9 Å². The lowest BCUT2D eigenvalue weighted by Gasteiger charge is -2.11. The predicted octanol–water partition coefficient (Wildman–Crippen LogP) is 2.85. The Morgan fingerprint density at radius 2 is 1.95 bits per heavy atom. The Bertz CT molecular complexity index is 557. The molecule has 114 valence electrons. The van der Waals surface area contributed by atoms with Crippen molar-refractivity contribution in [1.29, 1.82) is 0 Å². The van der Waals surface area contributed by atoms with Crippen molar-refractivity contribution in [3.8, 4) is 5.75 Å². The Kier molecular flexibility index (Phi) is 6.28. The maximum Gasteiger partial charge on any atom is 0.121 e. The number of hydrogen-bond donors (Lipinski definition) is 2. The first-order valence-corrected chi connectivity index (χ1v) is 7.81. The van der Waals surface area contributed by atoms with Gasteiger partial charge in [0.15, 0.2) is 0 Å². The number of pyridine rings is 1. The summed E-state index contributed by atoms with van der Waals surface area (Å²) in [4.78, 5) is 4.47. The molecule has 0 aliphatic heterocycles. The summed E-state index contributed by atoms with van der Waals surface area (Å²) in [5.41, 5.74) is 5.94. The van der Waals surface area contributed by atoms with Gasteiger partial charge in [0, 0.05) is 24.2 Å². The molecule has 4 nitrogen and oxygen atoms in total. The zero-order valence-corrected chi connectivity index (χ0v) is 12.9. The van der Waals surface area contributed by atoms with Crippen LogP contribution in [0.1, 0.15) is 32.1 Å². The second kappa shape index (κ2) is 8.47. The van der Waals surface area contributed by atoms with Crippen molar-refractivity contribution in [2.45, 2.75) is 32.1 Å². The Morgan fingerprint density at radius 1 is 1.14 bits per heavy atom. The van der Waals surface area contributed by atoms with Gasteiger partial charge < -0.3 is 15.8 Å². The number of aromatic nitrogens is 1. The molecule has 0 atom stereocenters. The van der Waals surface area contributed by atoms with Crippen LogP contribution in [0.15, 0.2) is 30.5 Å². The zero-order chi connectivity index (χ0) is 14.9. The van der Waals surface area contributed by atoms with E-state index in [2.05, 4.69) is 22.1 Å². The van der Waals surface area contributed by atoms with E-state index in [9.17, 15) is 0 Å². The highest BCUT2D eigenvalue weighted by molar-refractivity contribution is 5.91. The maximum absolute atomic E-state index is 5.36. The summed E-state index contributed by atoms with van der Waals surface area (Å²) in [6.07, 6.45) is 8.13. The van der Waals surface area contributed by atoms with E-state index >= 15 is 0 Å². The molecule has 0 radical (unpaired) electrons. The molecule has 2 aromatic rings. The zero-order valence-electron chi connectivity index (χ0n) is 12.9. The number of nitrogens with one attached hydrogen (secondary N) is 1. The molecular weight excluding hydrogens is 262 g/mol. The quantitative estimate of drug-likeness (QED) is 0.697. The second-order valence-corrected chi connectivity index (χ2v) is 5.30. The van der Waals surface area contributed by atoms with Gasteiger partial charge in [-0.1, -0.05) is 18.9 Å². The maximum atomic E-state index is 5.36. The van der Waals surface area contributed by atoms with Crippen molar-refractivity contribution in [2.75, 3.05) is 25.5 Å². The van der Waals surface area contributed by atoms with E-state index < -0.39 is 0 Å². The lowest BCUT2D eigenvalue weighted by molar-refractivity contribution is -0.368. The minimum atomic E-state index is 0.869. The number of anilines is 1. The number of ether oxygens (including phenoxy) is 1. The molecule has 1 heterocycles. The summed E-state index contributed by atoms with van der Waals surface area (Å²) in [7, 11) is 1.70. The SMILES string of the molecule is COc1cc(NCCCCCCC[NH3+])c2ncccc2c1. The third-order valence-corrected chi connectivity index (χ3v) is 3.66. The highest BCUT2D eigenvalue weighted by atomic mass is 16.5. The normalized spacial score (nSPS) is 10.8. The lowest BCUT2D eigenvalue weighted by atomic mass is 10.1. The summed E-state index contributed by atoms with van der Waals surface area (Å²) in [6, 6.07) is 8.06. The minimum Gasteiger partial charge on any atom is -0.497 e. The van der Waals surface area contributed by atoms with Crippen molar-refractivity contribution < 1.29 is 10.5 Å². The molecule has 1 aromatic heterocycles.